The van der Waals surface area contributed by atoms with Gasteiger partial charge in [-0.1, -0.05) is 42.8 Å². The molecule has 0 fully saturated rings. The lowest BCUT2D eigenvalue weighted by molar-refractivity contribution is 0.271. The van der Waals surface area contributed by atoms with E-state index < -0.39 is 0 Å². The molecule has 0 unspecified atom stereocenters. The molecule has 2 nitrogen and oxygen atoms in total. The highest BCUT2D eigenvalue weighted by molar-refractivity contribution is 6.30. The van der Waals surface area contributed by atoms with E-state index >= 15 is 0 Å². The van der Waals surface area contributed by atoms with Gasteiger partial charge in [0.1, 0.15) is 0 Å². The Hall–Kier alpha value is -1.22. The lowest BCUT2D eigenvalue weighted by atomic mass is 10.1. The fourth-order valence-electron chi connectivity index (χ4n) is 2.08. The van der Waals surface area contributed by atoms with Gasteiger partial charge in [-0.05, 0) is 41.9 Å². The molecule has 20 heavy (non-hydrogen) atoms. The number of benzene rings is 2. The average molecular weight is 311 g/mol. The Bertz CT molecular complexity index is 526. The van der Waals surface area contributed by atoms with Gasteiger partial charge < -0.3 is 5.73 Å². The molecule has 0 heterocycles. The lowest BCUT2D eigenvalue weighted by Crippen LogP contribution is -2.22. The Morgan fingerprint density at radius 2 is 1.65 bits per heavy atom. The summed E-state index contributed by atoms with van der Waals surface area (Å²) in [5.74, 6) is 0. The molecule has 0 aliphatic rings. The molecule has 0 saturated carbocycles. The van der Waals surface area contributed by atoms with Crippen LogP contribution in [0.5, 0.6) is 0 Å². The van der Waals surface area contributed by atoms with Crippen molar-refractivity contribution in [1.29, 1.82) is 0 Å². The zero-order valence-corrected chi connectivity index (χ0v) is 13.1. The molecule has 0 aliphatic heterocycles. The van der Waals surface area contributed by atoms with Gasteiger partial charge in [0.25, 0.3) is 0 Å². The summed E-state index contributed by atoms with van der Waals surface area (Å²) in [6, 6.07) is 16.1. The van der Waals surface area contributed by atoms with E-state index in [4.69, 9.17) is 17.3 Å². The zero-order valence-electron chi connectivity index (χ0n) is 11.6. The molecule has 2 N–H and O–H groups in total. The van der Waals surface area contributed by atoms with Crippen LogP contribution in [-0.4, -0.2) is 11.4 Å². The minimum Gasteiger partial charge on any atom is -0.399 e. The summed E-state index contributed by atoms with van der Waals surface area (Å²) in [6.45, 7) is 4.99. The predicted molar refractivity (Wildman–Crippen MR) is 89.3 cm³/mol. The molecule has 0 spiro atoms. The molecule has 0 aromatic heterocycles. The fraction of sp³-hybridized carbons (Fsp3) is 0.250. The van der Waals surface area contributed by atoms with E-state index in [1.54, 1.807) is 0 Å². The van der Waals surface area contributed by atoms with Gasteiger partial charge in [0.15, 0.2) is 0 Å². The Balaban J connectivity index is 0.00000200. The normalized spacial score (nSPS) is 10.3. The quantitative estimate of drug-likeness (QED) is 0.831. The number of nitrogen functional groups attached to an aromatic ring is 1. The van der Waals surface area contributed by atoms with Gasteiger partial charge in [-0.25, -0.2) is 0 Å². The molecule has 2 rings (SSSR count). The minimum atomic E-state index is 0. The van der Waals surface area contributed by atoms with Crippen LogP contribution in [-0.2, 0) is 13.1 Å². The maximum atomic E-state index is 5.90. The second-order valence-corrected chi connectivity index (χ2v) is 5.11. The number of halogens is 2. The molecular weight excluding hydrogens is 291 g/mol. The highest BCUT2D eigenvalue weighted by atomic mass is 35.5. The summed E-state index contributed by atoms with van der Waals surface area (Å²) in [4.78, 5) is 2.37. The van der Waals surface area contributed by atoms with Crippen molar-refractivity contribution in [3.63, 3.8) is 0 Å². The summed E-state index contributed by atoms with van der Waals surface area (Å²) >= 11 is 5.90. The van der Waals surface area contributed by atoms with E-state index in [0.29, 0.717) is 0 Å². The van der Waals surface area contributed by atoms with E-state index in [0.717, 1.165) is 30.3 Å². The number of hydrogen-bond donors (Lipinski definition) is 1. The van der Waals surface area contributed by atoms with Crippen molar-refractivity contribution in [2.24, 2.45) is 0 Å². The van der Waals surface area contributed by atoms with Crippen LogP contribution < -0.4 is 5.73 Å². The Morgan fingerprint density at radius 1 is 1.00 bits per heavy atom. The molecule has 4 heteroatoms. The first-order valence-electron chi connectivity index (χ1n) is 6.48. The van der Waals surface area contributed by atoms with Crippen molar-refractivity contribution >= 4 is 29.7 Å². The number of rotatable bonds is 5. The Kier molecular flexibility index (Phi) is 6.86. The molecular formula is C16H20Cl2N2. The van der Waals surface area contributed by atoms with Crippen LogP contribution >= 0.6 is 24.0 Å². The van der Waals surface area contributed by atoms with Gasteiger partial charge in [0.05, 0.1) is 0 Å². The maximum absolute atomic E-state index is 5.90. The third-order valence-electron chi connectivity index (χ3n) is 3.12. The standard InChI is InChI=1S/C16H19ClN2.ClH/c1-2-19(11-13-6-8-15(17)9-7-13)12-14-4-3-5-16(18)10-14;/h3-10H,2,11-12,18H2,1H3;1H. The van der Waals surface area contributed by atoms with Crippen molar-refractivity contribution in [3.05, 3.63) is 64.7 Å². The van der Waals surface area contributed by atoms with Crippen molar-refractivity contribution in [2.45, 2.75) is 20.0 Å². The minimum absolute atomic E-state index is 0. The molecule has 0 saturated heterocycles. The Morgan fingerprint density at radius 3 is 2.25 bits per heavy atom. The van der Waals surface area contributed by atoms with Gasteiger partial charge in [0, 0.05) is 23.8 Å². The second kappa shape index (κ2) is 8.15. The van der Waals surface area contributed by atoms with E-state index in [1.165, 1.54) is 11.1 Å². The predicted octanol–water partition coefficient (Wildman–Crippen LogP) is 4.37. The van der Waals surface area contributed by atoms with Crippen molar-refractivity contribution in [2.75, 3.05) is 12.3 Å². The molecule has 2 aromatic carbocycles. The number of anilines is 1. The number of nitrogens with zero attached hydrogens (tertiary/aromatic N) is 1. The van der Waals surface area contributed by atoms with Gasteiger partial charge in [-0.2, -0.15) is 0 Å². The van der Waals surface area contributed by atoms with Crippen LogP contribution in [0.3, 0.4) is 0 Å². The SMILES string of the molecule is CCN(Cc1ccc(Cl)cc1)Cc1cccc(N)c1.Cl. The summed E-state index contributed by atoms with van der Waals surface area (Å²) in [5.41, 5.74) is 9.15. The lowest BCUT2D eigenvalue weighted by Gasteiger charge is -2.20. The Labute approximate surface area is 132 Å². The van der Waals surface area contributed by atoms with Crippen LogP contribution in [0.15, 0.2) is 48.5 Å². The van der Waals surface area contributed by atoms with Crippen LogP contribution in [0.2, 0.25) is 5.02 Å². The van der Waals surface area contributed by atoms with Gasteiger partial charge in [-0.15, -0.1) is 12.4 Å². The first-order valence-corrected chi connectivity index (χ1v) is 6.86. The second-order valence-electron chi connectivity index (χ2n) is 4.67. The monoisotopic (exact) mass is 310 g/mol. The molecule has 108 valence electrons. The van der Waals surface area contributed by atoms with Crippen molar-refractivity contribution < 1.29 is 0 Å². The van der Waals surface area contributed by atoms with Gasteiger partial charge in [0.2, 0.25) is 0 Å². The third-order valence-corrected chi connectivity index (χ3v) is 3.38. The van der Waals surface area contributed by atoms with Crippen LogP contribution in [0.4, 0.5) is 5.69 Å². The molecule has 0 atom stereocenters. The molecule has 2 aromatic rings. The average Bonchev–Trinajstić information content (AvgIpc) is 2.40. The summed E-state index contributed by atoms with van der Waals surface area (Å²) in [7, 11) is 0. The van der Waals surface area contributed by atoms with E-state index in [1.807, 2.05) is 30.3 Å². The summed E-state index contributed by atoms with van der Waals surface area (Å²) in [6.07, 6.45) is 0. The van der Waals surface area contributed by atoms with E-state index in [9.17, 15) is 0 Å². The molecule has 0 bridgehead atoms. The summed E-state index contributed by atoms with van der Waals surface area (Å²) in [5, 5.41) is 0.780. The van der Waals surface area contributed by atoms with Gasteiger partial charge in [-0.3, -0.25) is 4.90 Å². The number of hydrogen-bond acceptors (Lipinski definition) is 2. The highest BCUT2D eigenvalue weighted by Gasteiger charge is 2.05. The zero-order chi connectivity index (χ0) is 13.7. The van der Waals surface area contributed by atoms with Crippen molar-refractivity contribution in [3.8, 4) is 0 Å². The third kappa shape index (κ3) is 5.04. The molecule has 0 amide bonds. The van der Waals surface area contributed by atoms with E-state index in [2.05, 4.69) is 30.0 Å². The maximum Gasteiger partial charge on any atom is 0.0406 e. The van der Waals surface area contributed by atoms with Crippen molar-refractivity contribution in [1.82, 2.24) is 4.90 Å². The van der Waals surface area contributed by atoms with Crippen LogP contribution in [0.25, 0.3) is 0 Å². The highest BCUT2D eigenvalue weighted by Crippen LogP contribution is 2.14. The first kappa shape index (κ1) is 16.8. The van der Waals surface area contributed by atoms with Gasteiger partial charge >= 0.3 is 0 Å². The van der Waals surface area contributed by atoms with E-state index in [-0.39, 0.29) is 12.4 Å². The largest absolute Gasteiger partial charge is 0.399 e. The number of nitrogens with two attached hydrogens (primary N) is 1. The fourth-order valence-corrected chi connectivity index (χ4v) is 2.20. The molecule has 0 radical (unpaired) electrons. The van der Waals surface area contributed by atoms with Crippen LogP contribution in [0, 0.1) is 0 Å². The first-order chi connectivity index (χ1) is 9.17. The summed E-state index contributed by atoms with van der Waals surface area (Å²) < 4.78 is 0. The van der Waals surface area contributed by atoms with Crippen LogP contribution in [0.1, 0.15) is 18.1 Å². The smallest absolute Gasteiger partial charge is 0.0406 e. The topological polar surface area (TPSA) is 29.3 Å². The molecule has 0 aliphatic carbocycles.